The van der Waals surface area contributed by atoms with Gasteiger partial charge in [-0.15, -0.1) is 0 Å². The van der Waals surface area contributed by atoms with E-state index < -0.39 is 0 Å². The summed E-state index contributed by atoms with van der Waals surface area (Å²) in [6.45, 7) is 8.55. The van der Waals surface area contributed by atoms with E-state index in [1.54, 1.807) is 0 Å². The zero-order chi connectivity index (χ0) is 12.3. The van der Waals surface area contributed by atoms with E-state index in [4.69, 9.17) is 0 Å². The molecule has 1 N–H and O–H groups in total. The first-order valence-corrected chi connectivity index (χ1v) is 6.45. The molecule has 2 rings (SSSR count). The predicted octanol–water partition coefficient (Wildman–Crippen LogP) is 1.75. The lowest BCUT2D eigenvalue weighted by Crippen LogP contribution is -2.42. The minimum absolute atomic E-state index is 0.431. The third kappa shape index (κ3) is 3.16. The van der Waals surface area contributed by atoms with Gasteiger partial charge in [-0.25, -0.2) is 9.97 Å². The molecule has 0 radical (unpaired) electrons. The average molecular weight is 234 g/mol. The van der Waals surface area contributed by atoms with E-state index >= 15 is 0 Å². The van der Waals surface area contributed by atoms with Crippen LogP contribution >= 0.6 is 0 Å². The zero-order valence-electron chi connectivity index (χ0n) is 11.0. The number of aromatic nitrogens is 2. The lowest BCUT2D eigenvalue weighted by Gasteiger charge is -2.29. The number of rotatable bonds is 4. The summed E-state index contributed by atoms with van der Waals surface area (Å²) < 4.78 is 0. The van der Waals surface area contributed by atoms with Gasteiger partial charge in [-0.1, -0.05) is 0 Å². The van der Waals surface area contributed by atoms with Crippen molar-refractivity contribution in [1.29, 1.82) is 0 Å². The van der Waals surface area contributed by atoms with Crippen LogP contribution in [0.2, 0.25) is 0 Å². The van der Waals surface area contributed by atoms with Gasteiger partial charge in [-0.05, 0) is 45.7 Å². The predicted molar refractivity (Wildman–Crippen MR) is 70.3 cm³/mol. The molecule has 17 heavy (non-hydrogen) atoms. The van der Waals surface area contributed by atoms with Crippen LogP contribution in [0.5, 0.6) is 0 Å². The van der Waals surface area contributed by atoms with Gasteiger partial charge in [0.15, 0.2) is 0 Å². The second-order valence-corrected chi connectivity index (χ2v) is 5.10. The number of hydrogen-bond donors (Lipinski definition) is 1. The summed E-state index contributed by atoms with van der Waals surface area (Å²) in [5, 5.41) is 3.53. The van der Waals surface area contributed by atoms with Crippen molar-refractivity contribution in [3.8, 4) is 0 Å². The fourth-order valence-corrected chi connectivity index (χ4v) is 2.21. The largest absolute Gasteiger partial charge is 0.337 e. The molecule has 2 heterocycles. The minimum Gasteiger partial charge on any atom is -0.337 e. The van der Waals surface area contributed by atoms with Crippen LogP contribution in [0.25, 0.3) is 0 Å². The summed E-state index contributed by atoms with van der Waals surface area (Å²) in [7, 11) is 0. The van der Waals surface area contributed by atoms with E-state index in [0.29, 0.717) is 12.1 Å². The van der Waals surface area contributed by atoms with Gasteiger partial charge >= 0.3 is 0 Å². The second-order valence-electron chi connectivity index (χ2n) is 5.10. The molecule has 1 aliphatic rings. The number of aryl methyl sites for hydroxylation is 1. The van der Waals surface area contributed by atoms with Crippen LogP contribution in [0.3, 0.4) is 0 Å². The lowest BCUT2D eigenvalue weighted by atomic mass is 10.2. The number of nitrogens with one attached hydrogen (secondary N) is 1. The molecule has 1 unspecified atom stereocenters. The molecule has 94 valence electrons. The zero-order valence-corrected chi connectivity index (χ0v) is 11.0. The van der Waals surface area contributed by atoms with Gasteiger partial charge in [-0.3, -0.25) is 0 Å². The van der Waals surface area contributed by atoms with E-state index in [9.17, 15) is 0 Å². The third-order valence-electron chi connectivity index (χ3n) is 3.23. The Labute approximate surface area is 103 Å². The number of hydrogen-bond acceptors (Lipinski definition) is 4. The SMILES string of the molecule is Cc1cnc(N(CC2CCCN2)C(C)C)nc1. The van der Waals surface area contributed by atoms with Crippen molar-refractivity contribution < 1.29 is 0 Å². The van der Waals surface area contributed by atoms with Gasteiger partial charge in [0.1, 0.15) is 0 Å². The molecule has 1 aromatic heterocycles. The van der Waals surface area contributed by atoms with Gasteiger partial charge < -0.3 is 10.2 Å². The Hall–Kier alpha value is -1.16. The maximum absolute atomic E-state index is 4.43. The van der Waals surface area contributed by atoms with Crippen molar-refractivity contribution >= 4 is 5.95 Å². The Kier molecular flexibility index (Phi) is 3.94. The second kappa shape index (κ2) is 5.45. The van der Waals surface area contributed by atoms with E-state index in [1.807, 2.05) is 19.3 Å². The van der Waals surface area contributed by atoms with E-state index in [-0.39, 0.29) is 0 Å². The van der Waals surface area contributed by atoms with Crippen molar-refractivity contribution in [2.75, 3.05) is 18.0 Å². The van der Waals surface area contributed by atoms with E-state index in [2.05, 4.69) is 34.0 Å². The highest BCUT2D eigenvalue weighted by Gasteiger charge is 2.21. The highest BCUT2D eigenvalue weighted by Crippen LogP contribution is 2.14. The first-order chi connectivity index (χ1) is 8.16. The molecule has 1 saturated heterocycles. The molecule has 0 aliphatic carbocycles. The standard InChI is InChI=1S/C13H22N4/c1-10(2)17(9-12-5-4-6-14-12)13-15-7-11(3)8-16-13/h7-8,10,12,14H,4-6,9H2,1-3H3. The monoisotopic (exact) mass is 234 g/mol. The Bertz CT molecular complexity index is 341. The highest BCUT2D eigenvalue weighted by atomic mass is 15.3. The van der Waals surface area contributed by atoms with E-state index in [1.165, 1.54) is 12.8 Å². The summed E-state index contributed by atoms with van der Waals surface area (Å²) in [5.41, 5.74) is 1.11. The first-order valence-electron chi connectivity index (χ1n) is 6.45. The molecule has 0 amide bonds. The Morgan fingerprint density at radius 1 is 1.41 bits per heavy atom. The van der Waals surface area contributed by atoms with Gasteiger partial charge in [0.05, 0.1) is 0 Å². The minimum atomic E-state index is 0.431. The number of nitrogens with zero attached hydrogens (tertiary/aromatic N) is 3. The molecule has 0 saturated carbocycles. The van der Waals surface area contributed by atoms with Crippen LogP contribution in [0.1, 0.15) is 32.3 Å². The van der Waals surface area contributed by atoms with Crippen LogP contribution in [0, 0.1) is 6.92 Å². The van der Waals surface area contributed by atoms with Crippen molar-refractivity contribution in [2.24, 2.45) is 0 Å². The van der Waals surface area contributed by atoms with Crippen LogP contribution in [-0.4, -0.2) is 35.1 Å². The molecule has 0 bridgehead atoms. The topological polar surface area (TPSA) is 41.1 Å². The molecule has 1 atom stereocenters. The Morgan fingerprint density at radius 3 is 2.65 bits per heavy atom. The molecule has 1 fully saturated rings. The summed E-state index contributed by atoms with van der Waals surface area (Å²) in [6, 6.07) is 1.02. The fourth-order valence-electron chi connectivity index (χ4n) is 2.21. The van der Waals surface area contributed by atoms with E-state index in [0.717, 1.165) is 24.6 Å². The van der Waals surface area contributed by atoms with Crippen LogP contribution in [0.15, 0.2) is 12.4 Å². The summed E-state index contributed by atoms with van der Waals surface area (Å²) >= 11 is 0. The van der Waals surface area contributed by atoms with Gasteiger partial charge in [0.2, 0.25) is 5.95 Å². The van der Waals surface area contributed by atoms with Crippen LogP contribution < -0.4 is 10.2 Å². The maximum Gasteiger partial charge on any atom is 0.225 e. The first kappa shape index (κ1) is 12.3. The quantitative estimate of drug-likeness (QED) is 0.861. The molecule has 1 aliphatic heterocycles. The highest BCUT2D eigenvalue weighted by molar-refractivity contribution is 5.31. The smallest absolute Gasteiger partial charge is 0.225 e. The molecule has 0 aromatic carbocycles. The molecule has 1 aromatic rings. The Balaban J connectivity index is 2.08. The fraction of sp³-hybridized carbons (Fsp3) is 0.692. The summed E-state index contributed by atoms with van der Waals surface area (Å²) in [5.74, 6) is 0.847. The van der Waals surface area contributed by atoms with Gasteiger partial charge in [0, 0.05) is 31.0 Å². The summed E-state index contributed by atoms with van der Waals surface area (Å²) in [4.78, 5) is 11.1. The normalized spacial score (nSPS) is 19.9. The van der Waals surface area contributed by atoms with Crippen LogP contribution in [-0.2, 0) is 0 Å². The van der Waals surface area contributed by atoms with Gasteiger partial charge in [0.25, 0.3) is 0 Å². The van der Waals surface area contributed by atoms with Crippen molar-refractivity contribution in [1.82, 2.24) is 15.3 Å². The molecule has 4 heteroatoms. The molecular weight excluding hydrogens is 212 g/mol. The molecule has 0 spiro atoms. The van der Waals surface area contributed by atoms with Gasteiger partial charge in [-0.2, -0.15) is 0 Å². The number of anilines is 1. The van der Waals surface area contributed by atoms with Crippen molar-refractivity contribution in [2.45, 2.75) is 45.7 Å². The average Bonchev–Trinajstić information content (AvgIpc) is 2.80. The maximum atomic E-state index is 4.43. The van der Waals surface area contributed by atoms with Crippen LogP contribution in [0.4, 0.5) is 5.95 Å². The Morgan fingerprint density at radius 2 is 2.12 bits per heavy atom. The van der Waals surface area contributed by atoms with Crippen molar-refractivity contribution in [3.05, 3.63) is 18.0 Å². The summed E-state index contributed by atoms with van der Waals surface area (Å²) in [6.07, 6.45) is 6.32. The lowest BCUT2D eigenvalue weighted by molar-refractivity contribution is 0.544. The molecular formula is C13H22N4. The van der Waals surface area contributed by atoms with Crippen molar-refractivity contribution in [3.63, 3.8) is 0 Å². The molecule has 4 nitrogen and oxygen atoms in total. The third-order valence-corrected chi connectivity index (χ3v) is 3.23.